The first-order chi connectivity index (χ1) is 12.4. The maximum absolute atomic E-state index is 11.0. The summed E-state index contributed by atoms with van der Waals surface area (Å²) in [7, 11) is 0. The van der Waals surface area contributed by atoms with Gasteiger partial charge in [0.2, 0.25) is 5.91 Å². The predicted octanol–water partition coefficient (Wildman–Crippen LogP) is 2.23. The van der Waals surface area contributed by atoms with Gasteiger partial charge >= 0.3 is 0 Å². The van der Waals surface area contributed by atoms with Crippen LogP contribution in [-0.2, 0) is 4.79 Å². The third kappa shape index (κ3) is 3.34. The fraction of sp³-hybridized carbons (Fsp3) is 0.222. The van der Waals surface area contributed by atoms with Crippen molar-refractivity contribution in [1.82, 2.24) is 14.5 Å². The number of hydrogen-bond donors (Lipinski definition) is 4. The van der Waals surface area contributed by atoms with Gasteiger partial charge < -0.3 is 26.6 Å². The highest BCUT2D eigenvalue weighted by molar-refractivity contribution is 6.01. The minimum absolute atomic E-state index is 0.0694. The van der Waals surface area contributed by atoms with Crippen molar-refractivity contribution in [3.05, 3.63) is 36.8 Å². The zero-order valence-electron chi connectivity index (χ0n) is 14.3. The normalized spacial score (nSPS) is 12.2. The van der Waals surface area contributed by atoms with Crippen LogP contribution in [0, 0.1) is 5.41 Å². The van der Waals surface area contributed by atoms with E-state index in [1.165, 1.54) is 6.33 Å². The number of primary amides is 1. The Morgan fingerprint density at radius 2 is 2.15 bits per heavy atom. The number of rotatable bonds is 6. The van der Waals surface area contributed by atoms with Crippen molar-refractivity contribution in [1.29, 1.82) is 5.41 Å². The standard InChI is InChI=1S/C18H20N6O2/c1-10(5-12(19)7-15(20)26)24-8-14(11-3-2-4-13(25)6-11)16-17(21)22-9-23-18(16)24/h2-4,6,8-10,19,25H,5,7H2,1H3,(H2,20,26)(H2,21,22,23). The summed E-state index contributed by atoms with van der Waals surface area (Å²) in [6.07, 6.45) is 3.56. The van der Waals surface area contributed by atoms with E-state index in [1.54, 1.807) is 18.2 Å². The number of aromatic nitrogens is 3. The van der Waals surface area contributed by atoms with Crippen molar-refractivity contribution in [2.45, 2.75) is 25.8 Å². The highest BCUT2D eigenvalue weighted by Gasteiger charge is 2.19. The minimum Gasteiger partial charge on any atom is -0.508 e. The van der Waals surface area contributed by atoms with Crippen molar-refractivity contribution < 1.29 is 9.90 Å². The van der Waals surface area contributed by atoms with Gasteiger partial charge in [-0.2, -0.15) is 0 Å². The lowest BCUT2D eigenvalue weighted by molar-refractivity contribution is -0.116. The number of nitrogens with zero attached hydrogens (tertiary/aromatic N) is 3. The Balaban J connectivity index is 2.08. The van der Waals surface area contributed by atoms with Gasteiger partial charge in [0.15, 0.2) is 0 Å². The lowest BCUT2D eigenvalue weighted by Crippen LogP contribution is -2.18. The van der Waals surface area contributed by atoms with Gasteiger partial charge in [-0.25, -0.2) is 9.97 Å². The first-order valence-corrected chi connectivity index (χ1v) is 8.11. The van der Waals surface area contributed by atoms with Crippen LogP contribution >= 0.6 is 0 Å². The number of hydrogen-bond acceptors (Lipinski definition) is 6. The summed E-state index contributed by atoms with van der Waals surface area (Å²) in [5, 5.41) is 18.4. The highest BCUT2D eigenvalue weighted by Crippen LogP contribution is 2.35. The fourth-order valence-corrected chi connectivity index (χ4v) is 3.07. The number of nitrogen functional groups attached to an aromatic ring is 1. The Morgan fingerprint density at radius 3 is 2.85 bits per heavy atom. The monoisotopic (exact) mass is 352 g/mol. The summed E-state index contributed by atoms with van der Waals surface area (Å²) in [6.45, 7) is 1.93. The number of anilines is 1. The molecule has 26 heavy (non-hydrogen) atoms. The molecule has 2 heterocycles. The summed E-state index contributed by atoms with van der Waals surface area (Å²) >= 11 is 0. The lowest BCUT2D eigenvalue weighted by Gasteiger charge is -2.14. The lowest BCUT2D eigenvalue weighted by atomic mass is 10.1. The average molecular weight is 352 g/mol. The molecule has 1 atom stereocenters. The van der Waals surface area contributed by atoms with Crippen LogP contribution in [0.2, 0.25) is 0 Å². The van der Waals surface area contributed by atoms with Gasteiger partial charge in [0, 0.05) is 29.9 Å². The van der Waals surface area contributed by atoms with Gasteiger partial charge in [0.05, 0.1) is 11.8 Å². The van der Waals surface area contributed by atoms with Crippen molar-refractivity contribution >= 4 is 28.5 Å². The molecule has 0 radical (unpaired) electrons. The second kappa shape index (κ2) is 6.83. The molecule has 1 aromatic carbocycles. The second-order valence-corrected chi connectivity index (χ2v) is 6.26. The number of carbonyl (C=O) groups is 1. The van der Waals surface area contributed by atoms with E-state index < -0.39 is 5.91 Å². The molecule has 8 nitrogen and oxygen atoms in total. The molecule has 134 valence electrons. The molecule has 0 spiro atoms. The van der Waals surface area contributed by atoms with E-state index in [0.717, 1.165) is 11.1 Å². The molecule has 3 rings (SSSR count). The summed E-state index contributed by atoms with van der Waals surface area (Å²) in [4.78, 5) is 19.4. The van der Waals surface area contributed by atoms with E-state index in [9.17, 15) is 9.90 Å². The maximum Gasteiger partial charge on any atom is 0.223 e. The van der Waals surface area contributed by atoms with Crippen LogP contribution in [0.25, 0.3) is 22.2 Å². The molecule has 6 N–H and O–H groups in total. The quantitative estimate of drug-likeness (QED) is 0.503. The Morgan fingerprint density at radius 1 is 1.38 bits per heavy atom. The van der Waals surface area contributed by atoms with E-state index in [0.29, 0.717) is 23.3 Å². The second-order valence-electron chi connectivity index (χ2n) is 6.26. The number of amides is 1. The molecule has 0 aliphatic rings. The van der Waals surface area contributed by atoms with E-state index in [2.05, 4.69) is 9.97 Å². The van der Waals surface area contributed by atoms with Gasteiger partial charge in [0.1, 0.15) is 23.5 Å². The van der Waals surface area contributed by atoms with Gasteiger partial charge in [0.25, 0.3) is 0 Å². The Labute approximate surface area is 150 Å². The summed E-state index contributed by atoms with van der Waals surface area (Å²) in [5.74, 6) is -0.0341. The number of nitrogens with one attached hydrogen (secondary N) is 1. The first kappa shape index (κ1) is 17.4. The fourth-order valence-electron chi connectivity index (χ4n) is 3.07. The number of nitrogens with two attached hydrogens (primary N) is 2. The van der Waals surface area contributed by atoms with Gasteiger partial charge in [-0.1, -0.05) is 12.1 Å². The molecule has 2 aromatic heterocycles. The molecule has 0 bridgehead atoms. The molecule has 0 fully saturated rings. The van der Waals surface area contributed by atoms with E-state index in [4.69, 9.17) is 16.9 Å². The van der Waals surface area contributed by atoms with Crippen LogP contribution in [0.5, 0.6) is 5.75 Å². The SMILES string of the molecule is CC(CC(=N)CC(N)=O)n1cc(-c2cccc(O)c2)c2c(N)ncnc21. The van der Waals surface area contributed by atoms with Gasteiger partial charge in [-0.15, -0.1) is 0 Å². The molecule has 1 unspecified atom stereocenters. The predicted molar refractivity (Wildman–Crippen MR) is 99.9 cm³/mol. The number of benzene rings is 1. The molecule has 1 amide bonds. The zero-order chi connectivity index (χ0) is 18.8. The van der Waals surface area contributed by atoms with Gasteiger partial charge in [-0.05, 0) is 24.6 Å². The number of phenolic OH excluding ortho intramolecular Hbond substituents is 1. The topological polar surface area (TPSA) is 144 Å². The molecular weight excluding hydrogens is 332 g/mol. The third-order valence-electron chi connectivity index (χ3n) is 4.20. The van der Waals surface area contributed by atoms with Crippen molar-refractivity contribution in [3.8, 4) is 16.9 Å². The van der Waals surface area contributed by atoms with Crippen molar-refractivity contribution in [3.63, 3.8) is 0 Å². The molecule has 8 heteroatoms. The van der Waals surface area contributed by atoms with Crippen LogP contribution < -0.4 is 11.5 Å². The van der Waals surface area contributed by atoms with E-state index in [1.807, 2.05) is 23.8 Å². The summed E-state index contributed by atoms with van der Waals surface area (Å²) in [6, 6.07) is 6.72. The summed E-state index contributed by atoms with van der Waals surface area (Å²) < 4.78 is 1.91. The largest absolute Gasteiger partial charge is 0.508 e. The smallest absolute Gasteiger partial charge is 0.223 e. The minimum atomic E-state index is -0.522. The summed E-state index contributed by atoms with van der Waals surface area (Å²) in [5.41, 5.74) is 13.7. The third-order valence-corrected chi connectivity index (χ3v) is 4.20. The molecular formula is C18H20N6O2. The Bertz CT molecular complexity index is 995. The zero-order valence-corrected chi connectivity index (χ0v) is 14.3. The first-order valence-electron chi connectivity index (χ1n) is 8.11. The molecule has 0 aliphatic heterocycles. The van der Waals surface area contributed by atoms with Crippen molar-refractivity contribution in [2.75, 3.05) is 5.73 Å². The maximum atomic E-state index is 11.0. The van der Waals surface area contributed by atoms with Crippen LogP contribution in [0.4, 0.5) is 5.82 Å². The van der Waals surface area contributed by atoms with Crippen LogP contribution in [0.1, 0.15) is 25.8 Å². The number of fused-ring (bicyclic) bond motifs is 1. The van der Waals surface area contributed by atoms with E-state index >= 15 is 0 Å². The molecule has 0 aliphatic carbocycles. The average Bonchev–Trinajstić information content (AvgIpc) is 2.95. The molecule has 0 saturated carbocycles. The van der Waals surface area contributed by atoms with E-state index in [-0.39, 0.29) is 23.9 Å². The van der Waals surface area contributed by atoms with Gasteiger partial charge in [-0.3, -0.25) is 4.79 Å². The Kier molecular flexibility index (Phi) is 4.57. The molecule has 3 aromatic rings. The van der Waals surface area contributed by atoms with Crippen molar-refractivity contribution in [2.24, 2.45) is 5.73 Å². The van der Waals surface area contributed by atoms with Crippen LogP contribution in [-0.4, -0.2) is 31.3 Å². The number of aromatic hydroxyl groups is 1. The van der Waals surface area contributed by atoms with Crippen LogP contribution in [0.15, 0.2) is 36.8 Å². The van der Waals surface area contributed by atoms with Crippen LogP contribution in [0.3, 0.4) is 0 Å². The molecule has 0 saturated heterocycles. The number of carbonyl (C=O) groups excluding carboxylic acids is 1. The highest BCUT2D eigenvalue weighted by atomic mass is 16.3. The number of phenols is 1. The Hall–Kier alpha value is -3.42.